The number of ether oxygens (including phenoxy) is 2. The highest BCUT2D eigenvalue weighted by Crippen LogP contribution is 2.22. The number of nitrogens with two attached hydrogens (primary N) is 1. The largest absolute Gasteiger partial charge is 0.383 e. The second-order valence-corrected chi connectivity index (χ2v) is 5.48. The van der Waals surface area contributed by atoms with E-state index in [-0.39, 0.29) is 12.5 Å². The van der Waals surface area contributed by atoms with Crippen molar-refractivity contribution in [2.75, 3.05) is 52.0 Å². The highest BCUT2D eigenvalue weighted by molar-refractivity contribution is 5.81. The van der Waals surface area contributed by atoms with Gasteiger partial charge in [-0.05, 0) is 11.6 Å². The van der Waals surface area contributed by atoms with E-state index in [9.17, 15) is 4.79 Å². The normalized spacial score (nSPS) is 16.4. The summed E-state index contributed by atoms with van der Waals surface area (Å²) in [5.41, 5.74) is 8.09. The van der Waals surface area contributed by atoms with Crippen LogP contribution >= 0.6 is 0 Å². The van der Waals surface area contributed by atoms with Crippen molar-refractivity contribution in [2.24, 2.45) is 5.73 Å². The highest BCUT2D eigenvalue weighted by Gasteiger charge is 2.20. The maximum absolute atomic E-state index is 12.2. The van der Waals surface area contributed by atoms with Crippen LogP contribution in [0.3, 0.4) is 0 Å². The number of amides is 1. The molecule has 0 saturated carbocycles. The van der Waals surface area contributed by atoms with Gasteiger partial charge in [0.15, 0.2) is 0 Å². The van der Waals surface area contributed by atoms with Gasteiger partial charge in [0.2, 0.25) is 5.91 Å². The Morgan fingerprint density at radius 2 is 2.09 bits per heavy atom. The van der Waals surface area contributed by atoms with Gasteiger partial charge in [-0.25, -0.2) is 0 Å². The first-order chi connectivity index (χ1) is 10.6. The number of carbonyl (C=O) groups excluding carboxylic acids is 1. The summed E-state index contributed by atoms with van der Waals surface area (Å²) in [6.45, 7) is 3.98. The third kappa shape index (κ3) is 4.19. The molecule has 1 aliphatic rings. The molecule has 0 aromatic heterocycles. The molecule has 0 aliphatic carbocycles. The van der Waals surface area contributed by atoms with E-state index in [4.69, 9.17) is 15.2 Å². The van der Waals surface area contributed by atoms with Crippen LogP contribution < -0.4 is 10.6 Å². The quantitative estimate of drug-likeness (QED) is 0.827. The van der Waals surface area contributed by atoms with Crippen LogP contribution in [0, 0.1) is 0 Å². The number of nitrogens with zero attached hydrogens (tertiary/aromatic N) is 2. The van der Waals surface area contributed by atoms with Crippen molar-refractivity contribution in [2.45, 2.75) is 12.6 Å². The topological polar surface area (TPSA) is 68.0 Å². The van der Waals surface area contributed by atoms with Crippen LogP contribution in [0.2, 0.25) is 0 Å². The number of para-hydroxylation sites is 1. The van der Waals surface area contributed by atoms with E-state index in [1.54, 1.807) is 19.1 Å². The SMILES string of the molecule is COCC(N)C(=O)N(C)Cc1ccccc1N1CCOCC1. The lowest BCUT2D eigenvalue weighted by molar-refractivity contribution is -0.132. The number of carbonyl (C=O) groups is 1. The first-order valence-corrected chi connectivity index (χ1v) is 7.53. The van der Waals surface area contributed by atoms with Gasteiger partial charge in [-0.1, -0.05) is 18.2 Å². The second kappa shape index (κ2) is 8.12. The molecule has 122 valence electrons. The molecule has 1 saturated heterocycles. The van der Waals surface area contributed by atoms with E-state index in [0.717, 1.165) is 37.6 Å². The van der Waals surface area contributed by atoms with Crippen molar-refractivity contribution in [1.82, 2.24) is 4.90 Å². The average molecular weight is 307 g/mol. The molecule has 0 radical (unpaired) electrons. The second-order valence-electron chi connectivity index (χ2n) is 5.48. The van der Waals surface area contributed by atoms with Crippen LogP contribution in [0.4, 0.5) is 5.69 Å². The molecular formula is C16H25N3O3. The number of benzene rings is 1. The Bertz CT molecular complexity index is 489. The Hall–Kier alpha value is -1.63. The Kier molecular flexibility index (Phi) is 6.18. The lowest BCUT2D eigenvalue weighted by Gasteiger charge is -2.31. The molecule has 2 N–H and O–H groups in total. The first kappa shape index (κ1) is 16.7. The van der Waals surface area contributed by atoms with E-state index < -0.39 is 6.04 Å². The van der Waals surface area contributed by atoms with Crippen molar-refractivity contribution >= 4 is 11.6 Å². The fourth-order valence-corrected chi connectivity index (χ4v) is 2.62. The van der Waals surface area contributed by atoms with Crippen LogP contribution in [0.25, 0.3) is 0 Å². The van der Waals surface area contributed by atoms with Gasteiger partial charge in [-0.15, -0.1) is 0 Å². The molecule has 1 atom stereocenters. The monoisotopic (exact) mass is 307 g/mol. The van der Waals surface area contributed by atoms with Gasteiger partial charge in [0, 0.05) is 39.5 Å². The minimum atomic E-state index is -0.620. The Balaban J connectivity index is 2.07. The van der Waals surface area contributed by atoms with Crippen LogP contribution in [-0.2, 0) is 20.8 Å². The number of morpholine rings is 1. The standard InChI is InChI=1S/C16H25N3O3/c1-18(16(20)14(17)12-21-2)11-13-5-3-4-6-15(13)19-7-9-22-10-8-19/h3-6,14H,7-12,17H2,1-2H3. The maximum Gasteiger partial charge on any atom is 0.241 e. The van der Waals surface area contributed by atoms with E-state index >= 15 is 0 Å². The van der Waals surface area contributed by atoms with Gasteiger partial charge in [0.05, 0.1) is 19.8 Å². The molecule has 1 amide bonds. The summed E-state index contributed by atoms with van der Waals surface area (Å²) in [6, 6.07) is 7.54. The van der Waals surface area contributed by atoms with Crippen molar-refractivity contribution in [3.05, 3.63) is 29.8 Å². The van der Waals surface area contributed by atoms with Gasteiger partial charge >= 0.3 is 0 Å². The number of rotatable bonds is 6. The predicted molar refractivity (Wildman–Crippen MR) is 85.8 cm³/mol. The summed E-state index contributed by atoms with van der Waals surface area (Å²) in [4.78, 5) is 16.2. The molecule has 1 fully saturated rings. The van der Waals surface area contributed by atoms with Crippen molar-refractivity contribution in [1.29, 1.82) is 0 Å². The number of likely N-dealkylation sites (N-methyl/N-ethyl adjacent to an activating group) is 1. The minimum absolute atomic E-state index is 0.112. The van der Waals surface area contributed by atoms with E-state index in [1.165, 1.54) is 0 Å². The lowest BCUT2D eigenvalue weighted by Crippen LogP contribution is -2.44. The van der Waals surface area contributed by atoms with Gasteiger partial charge in [0.1, 0.15) is 6.04 Å². The molecule has 1 aromatic carbocycles. The van der Waals surface area contributed by atoms with Crippen molar-refractivity contribution < 1.29 is 14.3 Å². The molecule has 0 spiro atoms. The molecule has 6 heteroatoms. The molecule has 1 unspecified atom stereocenters. The molecule has 1 heterocycles. The molecule has 1 aliphatic heterocycles. The van der Waals surface area contributed by atoms with Crippen LogP contribution in [0.5, 0.6) is 0 Å². The summed E-state index contributed by atoms with van der Waals surface area (Å²) < 4.78 is 10.4. The van der Waals surface area contributed by atoms with Crippen LogP contribution in [0.1, 0.15) is 5.56 Å². The predicted octanol–water partition coefficient (Wildman–Crippen LogP) is 0.455. The number of hydrogen-bond acceptors (Lipinski definition) is 5. The van der Waals surface area contributed by atoms with Gasteiger partial charge in [0.25, 0.3) is 0 Å². The molecule has 0 bridgehead atoms. The summed E-state index contributed by atoms with van der Waals surface area (Å²) in [7, 11) is 3.31. The zero-order valence-electron chi connectivity index (χ0n) is 13.3. The van der Waals surface area contributed by atoms with Gasteiger partial charge in [-0.3, -0.25) is 4.79 Å². The van der Waals surface area contributed by atoms with Gasteiger partial charge < -0.3 is 25.0 Å². The Morgan fingerprint density at radius 1 is 1.41 bits per heavy atom. The fraction of sp³-hybridized carbons (Fsp3) is 0.562. The van der Waals surface area contributed by atoms with Crippen LogP contribution in [0.15, 0.2) is 24.3 Å². The molecule has 22 heavy (non-hydrogen) atoms. The fourth-order valence-electron chi connectivity index (χ4n) is 2.62. The number of anilines is 1. The molecule has 2 rings (SSSR count). The van der Waals surface area contributed by atoms with Crippen molar-refractivity contribution in [3.8, 4) is 0 Å². The van der Waals surface area contributed by atoms with Crippen LogP contribution in [-0.4, -0.2) is 63.9 Å². The van der Waals surface area contributed by atoms with Crippen molar-refractivity contribution in [3.63, 3.8) is 0 Å². The molecule has 6 nitrogen and oxygen atoms in total. The van der Waals surface area contributed by atoms with E-state index in [1.807, 2.05) is 12.1 Å². The first-order valence-electron chi connectivity index (χ1n) is 7.53. The third-order valence-electron chi connectivity index (χ3n) is 3.79. The molecule has 1 aromatic rings. The summed E-state index contributed by atoms with van der Waals surface area (Å²) in [5, 5.41) is 0. The molecular weight excluding hydrogens is 282 g/mol. The van der Waals surface area contributed by atoms with Gasteiger partial charge in [-0.2, -0.15) is 0 Å². The number of methoxy groups -OCH3 is 1. The summed E-state index contributed by atoms with van der Waals surface area (Å²) >= 11 is 0. The lowest BCUT2D eigenvalue weighted by atomic mass is 10.1. The maximum atomic E-state index is 12.2. The third-order valence-corrected chi connectivity index (χ3v) is 3.79. The average Bonchev–Trinajstić information content (AvgIpc) is 2.55. The smallest absolute Gasteiger partial charge is 0.241 e. The number of hydrogen-bond donors (Lipinski definition) is 1. The summed E-state index contributed by atoms with van der Waals surface area (Å²) in [6.07, 6.45) is 0. The Labute approximate surface area is 131 Å². The zero-order chi connectivity index (χ0) is 15.9. The van der Waals surface area contributed by atoms with E-state index in [2.05, 4.69) is 17.0 Å². The highest BCUT2D eigenvalue weighted by atomic mass is 16.5. The van der Waals surface area contributed by atoms with E-state index in [0.29, 0.717) is 6.54 Å². The minimum Gasteiger partial charge on any atom is -0.383 e. The summed E-state index contributed by atoms with van der Waals surface area (Å²) in [5.74, 6) is -0.112. The zero-order valence-corrected chi connectivity index (χ0v) is 13.3. The Morgan fingerprint density at radius 3 is 2.77 bits per heavy atom.